The van der Waals surface area contributed by atoms with E-state index in [9.17, 15) is 18.9 Å². The largest absolute Gasteiger partial charge is 0.326 e. The molecule has 0 amide bonds. The van der Waals surface area contributed by atoms with E-state index in [2.05, 4.69) is 4.98 Å². The van der Waals surface area contributed by atoms with Crippen molar-refractivity contribution in [2.75, 3.05) is 0 Å². The van der Waals surface area contributed by atoms with Crippen LogP contribution < -0.4 is 5.73 Å². The van der Waals surface area contributed by atoms with Crippen molar-refractivity contribution in [2.45, 2.75) is 13.0 Å². The Balaban J connectivity index is 3.58. The van der Waals surface area contributed by atoms with E-state index in [1.807, 2.05) is 0 Å². The smallest absolute Gasteiger partial charge is 0.295 e. The fourth-order valence-electron chi connectivity index (χ4n) is 1.24. The number of hydrogen-bond acceptors (Lipinski definition) is 5. The van der Waals surface area contributed by atoms with Crippen LogP contribution in [-0.4, -0.2) is 9.91 Å². The molecule has 0 aromatic carbocycles. The summed E-state index contributed by atoms with van der Waals surface area (Å²) in [6.45, 7) is -0.474. The summed E-state index contributed by atoms with van der Waals surface area (Å²) in [6.07, 6.45) is -2.22. The minimum absolute atomic E-state index is 0.380. The summed E-state index contributed by atoms with van der Waals surface area (Å²) in [5, 5.41) is 19.3. The number of nitriles is 1. The van der Waals surface area contributed by atoms with Gasteiger partial charge in [0.1, 0.15) is 17.3 Å². The van der Waals surface area contributed by atoms with Gasteiger partial charge in [0.05, 0.1) is 16.7 Å². The Labute approximate surface area is 88.5 Å². The van der Waals surface area contributed by atoms with Crippen LogP contribution in [0.4, 0.5) is 14.5 Å². The maximum absolute atomic E-state index is 12.5. The summed E-state index contributed by atoms with van der Waals surface area (Å²) in [4.78, 5) is 13.1. The third kappa shape index (κ3) is 1.94. The molecule has 0 radical (unpaired) electrons. The maximum Gasteiger partial charge on any atom is 0.295 e. The minimum atomic E-state index is -2.97. The number of alkyl halides is 2. The topological polar surface area (TPSA) is 106 Å². The molecule has 0 saturated heterocycles. The molecule has 0 aliphatic heterocycles. The number of nitrogens with zero attached hydrogens (tertiary/aromatic N) is 3. The number of nitro groups is 1. The Morgan fingerprint density at radius 3 is 2.69 bits per heavy atom. The van der Waals surface area contributed by atoms with Gasteiger partial charge in [-0.3, -0.25) is 15.1 Å². The predicted molar refractivity (Wildman–Crippen MR) is 48.5 cm³/mol. The van der Waals surface area contributed by atoms with Gasteiger partial charge in [0.15, 0.2) is 0 Å². The van der Waals surface area contributed by atoms with E-state index in [0.29, 0.717) is 0 Å². The van der Waals surface area contributed by atoms with Gasteiger partial charge in [-0.25, -0.2) is 8.78 Å². The van der Waals surface area contributed by atoms with Gasteiger partial charge in [-0.1, -0.05) is 0 Å². The Hall–Kier alpha value is -2.14. The fraction of sp³-hybridized carbons (Fsp3) is 0.250. The summed E-state index contributed by atoms with van der Waals surface area (Å²) >= 11 is 0. The summed E-state index contributed by atoms with van der Waals surface area (Å²) in [6, 6.07) is 1.51. The van der Waals surface area contributed by atoms with E-state index in [1.54, 1.807) is 0 Å². The Morgan fingerprint density at radius 1 is 1.69 bits per heavy atom. The Bertz CT molecular complexity index is 470. The highest BCUT2D eigenvalue weighted by Crippen LogP contribution is 2.30. The molecule has 0 unspecified atom stereocenters. The van der Waals surface area contributed by atoms with Crippen molar-refractivity contribution in [3.63, 3.8) is 0 Å². The molecule has 1 rings (SSSR count). The number of rotatable bonds is 3. The molecule has 0 aliphatic carbocycles. The zero-order chi connectivity index (χ0) is 12.3. The number of halogens is 2. The van der Waals surface area contributed by atoms with Crippen LogP contribution in [0.2, 0.25) is 0 Å². The third-order valence-corrected chi connectivity index (χ3v) is 1.90. The average Bonchev–Trinajstić information content (AvgIpc) is 2.26. The molecule has 0 aliphatic rings. The molecule has 0 bridgehead atoms. The number of nitrogens with two attached hydrogens (primary N) is 1. The van der Waals surface area contributed by atoms with E-state index in [-0.39, 0.29) is 5.56 Å². The Kier molecular flexibility index (Phi) is 3.42. The molecular weight excluding hydrogens is 222 g/mol. The second-order valence-corrected chi connectivity index (χ2v) is 2.76. The normalized spacial score (nSPS) is 10.2. The van der Waals surface area contributed by atoms with Crippen LogP contribution >= 0.6 is 0 Å². The van der Waals surface area contributed by atoms with Crippen LogP contribution in [0.1, 0.15) is 23.2 Å². The van der Waals surface area contributed by atoms with Gasteiger partial charge >= 0.3 is 0 Å². The molecule has 6 nitrogen and oxygen atoms in total. The predicted octanol–water partition coefficient (Wildman–Crippen LogP) is 1.26. The van der Waals surface area contributed by atoms with Crippen LogP contribution in [0.15, 0.2) is 6.20 Å². The lowest BCUT2D eigenvalue weighted by Gasteiger charge is -2.06. The van der Waals surface area contributed by atoms with Crippen LogP contribution in [-0.2, 0) is 6.54 Å². The highest BCUT2D eigenvalue weighted by atomic mass is 19.3. The van der Waals surface area contributed by atoms with Gasteiger partial charge in [-0.2, -0.15) is 5.26 Å². The number of pyridine rings is 1. The van der Waals surface area contributed by atoms with Crippen LogP contribution in [0, 0.1) is 21.4 Å². The van der Waals surface area contributed by atoms with Gasteiger partial charge in [-0.15, -0.1) is 0 Å². The zero-order valence-corrected chi connectivity index (χ0v) is 7.85. The number of hydrogen-bond donors (Lipinski definition) is 1. The fourth-order valence-corrected chi connectivity index (χ4v) is 1.24. The average molecular weight is 228 g/mol. The maximum atomic E-state index is 12.5. The molecule has 0 spiro atoms. The van der Waals surface area contributed by atoms with Gasteiger partial charge in [0.2, 0.25) is 0 Å². The summed E-state index contributed by atoms with van der Waals surface area (Å²) in [7, 11) is 0. The van der Waals surface area contributed by atoms with Crippen LogP contribution in [0.25, 0.3) is 0 Å². The van der Waals surface area contributed by atoms with E-state index < -0.39 is 34.8 Å². The van der Waals surface area contributed by atoms with E-state index >= 15 is 0 Å². The van der Waals surface area contributed by atoms with E-state index in [1.165, 1.54) is 6.07 Å². The van der Waals surface area contributed by atoms with Crippen molar-refractivity contribution in [1.29, 1.82) is 5.26 Å². The van der Waals surface area contributed by atoms with E-state index in [4.69, 9.17) is 11.0 Å². The zero-order valence-electron chi connectivity index (χ0n) is 7.85. The lowest BCUT2D eigenvalue weighted by atomic mass is 10.1. The molecule has 8 heteroatoms. The van der Waals surface area contributed by atoms with Crippen molar-refractivity contribution >= 4 is 5.69 Å². The van der Waals surface area contributed by atoms with Crippen molar-refractivity contribution in [1.82, 2.24) is 4.98 Å². The SMILES string of the molecule is N#Cc1cnc(C(F)F)c(CN)c1[N+](=O)[O-]. The van der Waals surface area contributed by atoms with Gasteiger partial charge < -0.3 is 5.73 Å². The molecule has 16 heavy (non-hydrogen) atoms. The number of aromatic nitrogens is 1. The summed E-state index contributed by atoms with van der Waals surface area (Å²) in [5.41, 5.74) is 2.92. The molecule has 2 N–H and O–H groups in total. The third-order valence-electron chi connectivity index (χ3n) is 1.90. The lowest BCUT2D eigenvalue weighted by molar-refractivity contribution is -0.386. The first-order valence-corrected chi connectivity index (χ1v) is 4.07. The molecular formula is C8H6F2N4O2. The Morgan fingerprint density at radius 2 is 2.31 bits per heavy atom. The molecule has 1 heterocycles. The van der Waals surface area contributed by atoms with Crippen molar-refractivity contribution in [3.8, 4) is 6.07 Å². The molecule has 84 valence electrons. The second kappa shape index (κ2) is 4.59. The highest BCUT2D eigenvalue weighted by Gasteiger charge is 2.27. The molecule has 0 fully saturated rings. The molecule has 0 saturated carbocycles. The summed E-state index contributed by atoms with van der Waals surface area (Å²) < 4.78 is 24.9. The lowest BCUT2D eigenvalue weighted by Crippen LogP contribution is -2.10. The summed E-state index contributed by atoms with van der Waals surface area (Å²) in [5.74, 6) is 0. The first kappa shape index (κ1) is 11.9. The monoisotopic (exact) mass is 228 g/mol. The van der Waals surface area contributed by atoms with Crippen molar-refractivity contribution in [3.05, 3.63) is 33.1 Å². The molecule has 0 atom stereocenters. The standard InChI is InChI=1S/C8H6F2N4O2/c9-8(10)6-5(2-12)7(14(15)16)4(1-11)3-13-6/h3,8H,2,12H2. The van der Waals surface area contributed by atoms with E-state index in [0.717, 1.165) is 6.20 Å². The first-order chi connectivity index (χ1) is 7.52. The van der Waals surface area contributed by atoms with Crippen molar-refractivity contribution < 1.29 is 13.7 Å². The molecule has 1 aromatic heterocycles. The quantitative estimate of drug-likeness (QED) is 0.619. The molecule has 1 aromatic rings. The first-order valence-electron chi connectivity index (χ1n) is 4.07. The van der Waals surface area contributed by atoms with Crippen LogP contribution in [0.5, 0.6) is 0 Å². The minimum Gasteiger partial charge on any atom is -0.326 e. The van der Waals surface area contributed by atoms with Crippen LogP contribution in [0.3, 0.4) is 0 Å². The van der Waals surface area contributed by atoms with Gasteiger partial charge in [0, 0.05) is 6.54 Å². The van der Waals surface area contributed by atoms with Gasteiger partial charge in [0.25, 0.3) is 12.1 Å². The second-order valence-electron chi connectivity index (χ2n) is 2.76. The highest BCUT2D eigenvalue weighted by molar-refractivity contribution is 5.54. The van der Waals surface area contributed by atoms with Gasteiger partial charge in [-0.05, 0) is 0 Å². The van der Waals surface area contributed by atoms with Crippen molar-refractivity contribution in [2.24, 2.45) is 5.73 Å².